The Bertz CT molecular complexity index is 626. The van der Waals surface area contributed by atoms with E-state index in [0.29, 0.717) is 12.0 Å². The molecule has 0 bridgehead atoms. The molecule has 1 saturated carbocycles. The average molecular weight is 484 g/mol. The summed E-state index contributed by atoms with van der Waals surface area (Å²) >= 11 is 0. The molecule has 0 spiro atoms. The number of likely N-dealkylation sites (tertiary alicyclic amines) is 1. The van der Waals surface area contributed by atoms with Crippen LogP contribution in [0.3, 0.4) is 0 Å². The van der Waals surface area contributed by atoms with E-state index in [1.807, 2.05) is 13.1 Å². The van der Waals surface area contributed by atoms with Crippen molar-refractivity contribution in [1.82, 2.24) is 15.5 Å². The van der Waals surface area contributed by atoms with Crippen molar-refractivity contribution >= 4 is 29.9 Å². The van der Waals surface area contributed by atoms with Gasteiger partial charge in [0.15, 0.2) is 5.96 Å². The smallest absolute Gasteiger partial charge is 0.191 e. The second-order valence-corrected chi connectivity index (χ2v) is 7.99. The first-order chi connectivity index (χ1) is 12.8. The molecule has 2 fully saturated rings. The van der Waals surface area contributed by atoms with Crippen molar-refractivity contribution in [3.05, 3.63) is 29.8 Å². The summed E-state index contributed by atoms with van der Waals surface area (Å²) in [5.74, 6) is 3.46. The lowest BCUT2D eigenvalue weighted by Crippen LogP contribution is -2.49. The first-order valence-electron chi connectivity index (χ1n) is 10.2. The van der Waals surface area contributed by atoms with E-state index >= 15 is 0 Å². The number of nitrogens with zero attached hydrogens (tertiary/aromatic N) is 2. The molecule has 3 aliphatic rings. The Kier molecular flexibility index (Phi) is 7.64. The highest BCUT2D eigenvalue weighted by atomic mass is 127. The predicted octanol–water partition coefficient (Wildman–Crippen LogP) is 3.21. The number of halogens is 1. The molecule has 1 atom stereocenters. The fraction of sp³-hybridized carbons (Fsp3) is 0.667. The van der Waals surface area contributed by atoms with Gasteiger partial charge in [-0.2, -0.15) is 0 Å². The zero-order valence-corrected chi connectivity index (χ0v) is 18.7. The van der Waals surface area contributed by atoms with Gasteiger partial charge in [0, 0.05) is 45.2 Å². The lowest BCUT2D eigenvalue weighted by Gasteiger charge is -2.33. The van der Waals surface area contributed by atoms with Crippen molar-refractivity contribution in [2.24, 2.45) is 10.9 Å². The van der Waals surface area contributed by atoms with Gasteiger partial charge >= 0.3 is 0 Å². The third kappa shape index (κ3) is 5.73. The Morgan fingerprint density at radius 1 is 1.15 bits per heavy atom. The number of benzene rings is 1. The maximum atomic E-state index is 5.77. The van der Waals surface area contributed by atoms with Crippen molar-refractivity contribution in [3.63, 3.8) is 0 Å². The molecular weight excluding hydrogens is 451 g/mol. The molecule has 5 nitrogen and oxygen atoms in total. The summed E-state index contributed by atoms with van der Waals surface area (Å²) in [5, 5.41) is 7.19. The van der Waals surface area contributed by atoms with E-state index in [2.05, 4.69) is 38.7 Å². The van der Waals surface area contributed by atoms with Gasteiger partial charge in [-0.25, -0.2) is 0 Å². The molecule has 2 heterocycles. The number of para-hydroxylation sites is 1. The van der Waals surface area contributed by atoms with E-state index in [1.165, 1.54) is 50.9 Å². The molecule has 0 aromatic heterocycles. The number of hydrogen-bond acceptors (Lipinski definition) is 3. The number of guanidine groups is 1. The minimum atomic E-state index is 0. The minimum absolute atomic E-state index is 0. The fourth-order valence-corrected chi connectivity index (χ4v) is 4.16. The van der Waals surface area contributed by atoms with Gasteiger partial charge < -0.3 is 20.3 Å². The van der Waals surface area contributed by atoms with Crippen molar-refractivity contribution < 1.29 is 4.74 Å². The molecule has 6 heteroatoms. The number of fused-ring (bicyclic) bond motifs is 1. The van der Waals surface area contributed by atoms with E-state index in [4.69, 9.17) is 4.74 Å². The van der Waals surface area contributed by atoms with Gasteiger partial charge in [0.1, 0.15) is 5.75 Å². The predicted molar refractivity (Wildman–Crippen MR) is 121 cm³/mol. The maximum absolute atomic E-state index is 5.77. The van der Waals surface area contributed by atoms with Gasteiger partial charge in [-0.05, 0) is 49.7 Å². The van der Waals surface area contributed by atoms with E-state index in [9.17, 15) is 0 Å². The van der Waals surface area contributed by atoms with Crippen LogP contribution in [0.5, 0.6) is 5.75 Å². The first-order valence-corrected chi connectivity index (χ1v) is 10.2. The molecule has 4 rings (SSSR count). The number of aliphatic imine (C=N–C) groups is 1. The number of nitrogens with one attached hydrogen (secondary N) is 2. The van der Waals surface area contributed by atoms with E-state index < -0.39 is 0 Å². The summed E-state index contributed by atoms with van der Waals surface area (Å²) in [7, 11) is 1.87. The summed E-state index contributed by atoms with van der Waals surface area (Å²) in [5.41, 5.74) is 1.31. The molecule has 0 amide bonds. The van der Waals surface area contributed by atoms with Crippen LogP contribution in [-0.2, 0) is 0 Å². The fourth-order valence-electron chi connectivity index (χ4n) is 4.16. The molecule has 0 radical (unpaired) electrons. The van der Waals surface area contributed by atoms with Crippen LogP contribution >= 0.6 is 24.0 Å². The molecule has 27 heavy (non-hydrogen) atoms. The SMILES string of the molecule is CN=C(NCC1CCOc2ccccc21)NC1CCN(CC2CC2)CC1.I. The van der Waals surface area contributed by atoms with Crippen molar-refractivity contribution in [3.8, 4) is 5.75 Å². The monoisotopic (exact) mass is 484 g/mol. The van der Waals surface area contributed by atoms with Crippen LogP contribution < -0.4 is 15.4 Å². The largest absolute Gasteiger partial charge is 0.493 e. The van der Waals surface area contributed by atoms with Gasteiger partial charge in [0.25, 0.3) is 0 Å². The van der Waals surface area contributed by atoms with Gasteiger partial charge in [-0.15, -0.1) is 24.0 Å². The lowest BCUT2D eigenvalue weighted by molar-refractivity contribution is 0.198. The normalized spacial score (nSPS) is 23.7. The Balaban J connectivity index is 0.00000210. The van der Waals surface area contributed by atoms with Gasteiger partial charge in [0.2, 0.25) is 0 Å². The van der Waals surface area contributed by atoms with Crippen molar-refractivity contribution in [2.45, 2.75) is 44.1 Å². The van der Waals surface area contributed by atoms with Crippen LogP contribution in [0.2, 0.25) is 0 Å². The van der Waals surface area contributed by atoms with E-state index in [0.717, 1.165) is 37.2 Å². The Hall–Kier alpha value is -1.02. The average Bonchev–Trinajstić information content (AvgIpc) is 3.50. The van der Waals surface area contributed by atoms with E-state index in [1.54, 1.807) is 0 Å². The van der Waals surface area contributed by atoms with Crippen LogP contribution in [-0.4, -0.2) is 56.7 Å². The second-order valence-electron chi connectivity index (χ2n) is 7.99. The molecule has 1 saturated heterocycles. The van der Waals surface area contributed by atoms with Crippen LogP contribution in [0.15, 0.2) is 29.3 Å². The topological polar surface area (TPSA) is 48.9 Å². The maximum Gasteiger partial charge on any atom is 0.191 e. The third-order valence-corrected chi connectivity index (χ3v) is 5.96. The highest BCUT2D eigenvalue weighted by molar-refractivity contribution is 14.0. The minimum Gasteiger partial charge on any atom is -0.493 e. The first kappa shape index (κ1) is 20.7. The zero-order chi connectivity index (χ0) is 17.8. The molecule has 1 aromatic rings. The summed E-state index contributed by atoms with van der Waals surface area (Å²) < 4.78 is 5.77. The van der Waals surface area contributed by atoms with Gasteiger partial charge in [0.05, 0.1) is 6.61 Å². The summed E-state index contributed by atoms with van der Waals surface area (Å²) in [4.78, 5) is 7.09. The highest BCUT2D eigenvalue weighted by Crippen LogP contribution is 2.33. The van der Waals surface area contributed by atoms with Crippen LogP contribution in [0.4, 0.5) is 0 Å². The Labute approximate surface area is 180 Å². The molecule has 1 aromatic carbocycles. The summed E-state index contributed by atoms with van der Waals surface area (Å²) in [6.07, 6.45) is 6.38. The molecule has 150 valence electrons. The molecule has 2 aliphatic heterocycles. The van der Waals surface area contributed by atoms with Gasteiger partial charge in [-0.3, -0.25) is 4.99 Å². The number of rotatable bonds is 5. The molecule has 1 aliphatic carbocycles. The molecule has 1 unspecified atom stereocenters. The third-order valence-electron chi connectivity index (χ3n) is 5.96. The van der Waals surface area contributed by atoms with Crippen LogP contribution in [0.1, 0.15) is 43.6 Å². The standard InChI is InChI=1S/C21H32N4O.HI/c1-22-21(24-18-8-11-25(12-9-18)15-16-6-7-16)23-14-17-10-13-26-20-5-3-2-4-19(17)20;/h2-5,16-18H,6-15H2,1H3,(H2,22,23,24);1H. The van der Waals surface area contributed by atoms with Crippen molar-refractivity contribution in [2.75, 3.05) is 39.8 Å². The quantitative estimate of drug-likeness (QED) is 0.383. The Morgan fingerprint density at radius 3 is 2.67 bits per heavy atom. The zero-order valence-electron chi connectivity index (χ0n) is 16.3. The number of piperidine rings is 1. The Morgan fingerprint density at radius 2 is 1.93 bits per heavy atom. The molecular formula is C21H33IN4O. The number of ether oxygens (including phenoxy) is 1. The summed E-state index contributed by atoms with van der Waals surface area (Å²) in [6.45, 7) is 5.47. The van der Waals surface area contributed by atoms with Gasteiger partial charge in [-0.1, -0.05) is 18.2 Å². The molecule has 2 N–H and O–H groups in total. The lowest BCUT2D eigenvalue weighted by atomic mass is 9.93. The number of hydrogen-bond donors (Lipinski definition) is 2. The van der Waals surface area contributed by atoms with Crippen molar-refractivity contribution in [1.29, 1.82) is 0 Å². The highest BCUT2D eigenvalue weighted by Gasteiger charge is 2.27. The second kappa shape index (κ2) is 9.96. The van der Waals surface area contributed by atoms with Crippen LogP contribution in [0.25, 0.3) is 0 Å². The van der Waals surface area contributed by atoms with E-state index in [-0.39, 0.29) is 24.0 Å². The summed E-state index contributed by atoms with van der Waals surface area (Å²) in [6, 6.07) is 8.95. The van der Waals surface area contributed by atoms with Crippen LogP contribution in [0, 0.1) is 5.92 Å².